The van der Waals surface area contributed by atoms with Gasteiger partial charge in [0.05, 0.1) is 6.04 Å². The number of hydrogen-bond acceptors (Lipinski definition) is 5. The molecule has 0 aliphatic carbocycles. The average Bonchev–Trinajstić information content (AvgIpc) is 3.08. The van der Waals surface area contributed by atoms with Crippen molar-refractivity contribution >= 4 is 33.6 Å². The van der Waals surface area contributed by atoms with Gasteiger partial charge in [-0.1, -0.05) is 46.7 Å². The van der Waals surface area contributed by atoms with E-state index in [4.69, 9.17) is 0 Å². The standard InChI is InChI=1S/C18H21BrN4OS/c1-11-6-8-22(9-7-11)15(13-4-3-5-14(19)10-13)16-17(24)23-18(25-16)20-12(2)21-23/h3-5,10-11,15-16H,6-9H2,1-2H3. The van der Waals surface area contributed by atoms with Crippen molar-refractivity contribution in [2.45, 2.75) is 43.1 Å². The van der Waals surface area contributed by atoms with Crippen LogP contribution in [-0.2, 0) is 0 Å². The molecule has 0 N–H and O–H groups in total. The molecule has 2 atom stereocenters. The molecule has 0 radical (unpaired) electrons. The average molecular weight is 421 g/mol. The van der Waals surface area contributed by atoms with E-state index in [-0.39, 0.29) is 17.2 Å². The molecular formula is C18H21BrN4OS. The van der Waals surface area contributed by atoms with Gasteiger partial charge < -0.3 is 0 Å². The topological polar surface area (TPSA) is 51.0 Å². The molecule has 2 unspecified atom stereocenters. The van der Waals surface area contributed by atoms with Gasteiger partial charge in [-0.25, -0.2) is 4.98 Å². The molecule has 1 fully saturated rings. The van der Waals surface area contributed by atoms with Crippen LogP contribution in [0.3, 0.4) is 0 Å². The minimum atomic E-state index is -0.196. The van der Waals surface area contributed by atoms with Gasteiger partial charge in [0.2, 0.25) is 0 Å². The van der Waals surface area contributed by atoms with Crippen molar-refractivity contribution in [3.63, 3.8) is 0 Å². The summed E-state index contributed by atoms with van der Waals surface area (Å²) in [6, 6.07) is 8.38. The molecule has 2 aliphatic rings. The van der Waals surface area contributed by atoms with Gasteiger partial charge in [-0.05, 0) is 56.5 Å². The summed E-state index contributed by atoms with van der Waals surface area (Å²) in [6.45, 7) is 6.18. The number of halogens is 1. The summed E-state index contributed by atoms with van der Waals surface area (Å²) >= 11 is 5.13. The van der Waals surface area contributed by atoms with E-state index in [0.717, 1.165) is 28.6 Å². The molecule has 1 aromatic heterocycles. The largest absolute Gasteiger partial charge is 0.295 e. The third-order valence-corrected chi connectivity index (χ3v) is 6.74. The van der Waals surface area contributed by atoms with Crippen LogP contribution in [0.1, 0.15) is 42.0 Å². The van der Waals surface area contributed by atoms with Gasteiger partial charge in [-0.2, -0.15) is 4.68 Å². The van der Waals surface area contributed by atoms with Gasteiger partial charge in [0.1, 0.15) is 11.1 Å². The summed E-state index contributed by atoms with van der Waals surface area (Å²) in [5.41, 5.74) is 1.18. The van der Waals surface area contributed by atoms with Crippen LogP contribution in [-0.4, -0.2) is 43.9 Å². The summed E-state index contributed by atoms with van der Waals surface area (Å²) in [4.78, 5) is 19.9. The molecule has 0 amide bonds. The number of piperidine rings is 1. The molecule has 1 saturated heterocycles. The fraction of sp³-hybridized carbons (Fsp3) is 0.500. The number of fused-ring (bicyclic) bond motifs is 1. The fourth-order valence-electron chi connectivity index (χ4n) is 3.67. The van der Waals surface area contributed by atoms with Gasteiger partial charge in [-0.15, -0.1) is 5.10 Å². The van der Waals surface area contributed by atoms with E-state index in [2.05, 4.69) is 50.0 Å². The maximum atomic E-state index is 13.0. The summed E-state index contributed by atoms with van der Waals surface area (Å²) in [5, 5.41) is 4.80. The van der Waals surface area contributed by atoms with Crippen molar-refractivity contribution in [3.05, 3.63) is 40.1 Å². The fourth-order valence-corrected chi connectivity index (χ4v) is 5.39. The molecule has 25 heavy (non-hydrogen) atoms. The summed E-state index contributed by atoms with van der Waals surface area (Å²) in [6.07, 6.45) is 2.36. The second-order valence-electron chi connectivity index (χ2n) is 6.95. The Hall–Kier alpha value is -1.18. The van der Waals surface area contributed by atoms with Crippen molar-refractivity contribution in [2.75, 3.05) is 13.1 Å². The maximum absolute atomic E-state index is 13.0. The van der Waals surface area contributed by atoms with Gasteiger partial charge in [0.15, 0.2) is 5.16 Å². The van der Waals surface area contributed by atoms with Crippen molar-refractivity contribution in [1.82, 2.24) is 19.7 Å². The highest BCUT2D eigenvalue weighted by molar-refractivity contribution is 9.10. The lowest BCUT2D eigenvalue weighted by molar-refractivity contribution is 0.0799. The molecule has 3 heterocycles. The molecule has 7 heteroatoms. The Balaban J connectivity index is 1.68. The van der Waals surface area contributed by atoms with E-state index in [1.807, 2.05) is 19.1 Å². The molecule has 2 aliphatic heterocycles. The molecule has 132 valence electrons. The summed E-state index contributed by atoms with van der Waals surface area (Å²) in [5.74, 6) is 1.45. The predicted molar refractivity (Wildman–Crippen MR) is 102 cm³/mol. The van der Waals surface area contributed by atoms with Crippen molar-refractivity contribution < 1.29 is 4.79 Å². The number of benzene rings is 1. The normalized spacial score (nSPS) is 23.0. The number of aromatic nitrogens is 3. The number of thioether (sulfide) groups is 1. The van der Waals surface area contributed by atoms with E-state index in [0.29, 0.717) is 5.82 Å². The van der Waals surface area contributed by atoms with E-state index in [9.17, 15) is 4.79 Å². The number of aryl methyl sites for hydroxylation is 1. The smallest absolute Gasteiger partial charge is 0.264 e. The van der Waals surface area contributed by atoms with E-state index < -0.39 is 0 Å². The van der Waals surface area contributed by atoms with Crippen LogP contribution in [0, 0.1) is 12.8 Å². The van der Waals surface area contributed by atoms with Crippen molar-refractivity contribution in [2.24, 2.45) is 5.92 Å². The number of carbonyl (C=O) groups is 1. The predicted octanol–water partition coefficient (Wildman–Crippen LogP) is 3.94. The first-order valence-corrected chi connectivity index (χ1v) is 10.3. The number of rotatable bonds is 3. The second-order valence-corrected chi connectivity index (χ2v) is 8.97. The molecule has 4 rings (SSSR count). The third kappa shape index (κ3) is 3.29. The second kappa shape index (κ2) is 6.85. The molecule has 0 saturated carbocycles. The number of carbonyl (C=O) groups excluding carboxylic acids is 1. The van der Waals surface area contributed by atoms with E-state index >= 15 is 0 Å². The number of nitrogens with zero attached hydrogens (tertiary/aromatic N) is 4. The molecular weight excluding hydrogens is 400 g/mol. The van der Waals surface area contributed by atoms with E-state index in [1.54, 1.807) is 11.8 Å². The van der Waals surface area contributed by atoms with Crippen LogP contribution in [0.15, 0.2) is 33.9 Å². The highest BCUT2D eigenvalue weighted by Crippen LogP contribution is 2.42. The number of likely N-dealkylation sites (tertiary alicyclic amines) is 1. The Labute approximate surface area is 160 Å². The quantitative estimate of drug-likeness (QED) is 0.752. The van der Waals surface area contributed by atoms with Crippen molar-refractivity contribution in [3.8, 4) is 0 Å². The lowest BCUT2D eigenvalue weighted by atomic mass is 9.94. The molecule has 2 aromatic rings. The first-order valence-electron chi connectivity index (χ1n) is 8.67. The van der Waals surface area contributed by atoms with Crippen LogP contribution < -0.4 is 0 Å². The lowest BCUT2D eigenvalue weighted by Gasteiger charge is -2.38. The monoisotopic (exact) mass is 420 g/mol. The summed E-state index contributed by atoms with van der Waals surface area (Å²) < 4.78 is 2.53. The van der Waals surface area contributed by atoms with Gasteiger partial charge in [-0.3, -0.25) is 9.69 Å². The van der Waals surface area contributed by atoms with Gasteiger partial charge in [0, 0.05) is 4.47 Å². The van der Waals surface area contributed by atoms with E-state index in [1.165, 1.54) is 23.1 Å². The Morgan fingerprint density at radius 3 is 2.76 bits per heavy atom. The van der Waals surface area contributed by atoms with Gasteiger partial charge >= 0.3 is 0 Å². The van der Waals surface area contributed by atoms with Gasteiger partial charge in [0.25, 0.3) is 5.91 Å². The Kier molecular flexibility index (Phi) is 4.73. The molecule has 0 spiro atoms. The Bertz CT molecular complexity index is 800. The maximum Gasteiger partial charge on any atom is 0.264 e. The van der Waals surface area contributed by atoms with Crippen LogP contribution in [0.25, 0.3) is 0 Å². The minimum absolute atomic E-state index is 0.0456. The molecule has 5 nitrogen and oxygen atoms in total. The lowest BCUT2D eigenvalue weighted by Crippen LogP contribution is -2.42. The highest BCUT2D eigenvalue weighted by atomic mass is 79.9. The SMILES string of the molecule is Cc1nc2n(n1)C(=O)C(C(c1cccc(Br)c1)N1CCC(C)CC1)S2. The van der Waals surface area contributed by atoms with Crippen LogP contribution in [0.2, 0.25) is 0 Å². The van der Waals surface area contributed by atoms with Crippen LogP contribution >= 0.6 is 27.7 Å². The van der Waals surface area contributed by atoms with Crippen LogP contribution in [0.4, 0.5) is 0 Å². The molecule has 0 bridgehead atoms. The third-order valence-electron chi connectivity index (χ3n) is 5.06. The first-order chi connectivity index (χ1) is 12.0. The highest BCUT2D eigenvalue weighted by Gasteiger charge is 2.43. The molecule has 1 aromatic carbocycles. The zero-order valence-electron chi connectivity index (χ0n) is 14.4. The zero-order valence-corrected chi connectivity index (χ0v) is 16.8. The summed E-state index contributed by atoms with van der Waals surface area (Å²) in [7, 11) is 0. The zero-order chi connectivity index (χ0) is 17.6. The Morgan fingerprint density at radius 1 is 1.32 bits per heavy atom. The van der Waals surface area contributed by atoms with Crippen molar-refractivity contribution in [1.29, 1.82) is 0 Å². The number of hydrogen-bond donors (Lipinski definition) is 0. The Morgan fingerprint density at radius 2 is 2.08 bits per heavy atom. The van der Waals surface area contributed by atoms with Crippen LogP contribution in [0.5, 0.6) is 0 Å². The first kappa shape index (κ1) is 17.2. The minimum Gasteiger partial charge on any atom is -0.295 e.